The van der Waals surface area contributed by atoms with E-state index in [-0.39, 0.29) is 30.1 Å². The molecule has 1 aliphatic rings. The average molecular weight is 286 g/mol. The number of thiol groups is 1. The minimum Gasteiger partial charge on any atom is -0.370 e. The Kier molecular flexibility index (Phi) is 5.40. The van der Waals surface area contributed by atoms with Crippen LogP contribution in [-0.4, -0.2) is 33.9 Å². The molecule has 0 aromatic carbocycles. The van der Waals surface area contributed by atoms with Gasteiger partial charge in [0.2, 0.25) is 17.7 Å². The number of nitrogens with two attached hydrogens (primary N) is 1. The molecule has 1 atom stereocenters. The van der Waals surface area contributed by atoms with Gasteiger partial charge in [-0.15, -0.1) is 0 Å². The number of nitrogens with zero attached hydrogens (tertiary/aromatic N) is 1. The van der Waals surface area contributed by atoms with E-state index in [1.165, 1.54) is 4.90 Å². The number of carbonyl (C=O) groups excluding carboxylic acids is 3. The summed E-state index contributed by atoms with van der Waals surface area (Å²) in [5, 5.41) is 0. The Balaban J connectivity index is 2.40. The maximum atomic E-state index is 12.1. The van der Waals surface area contributed by atoms with Gasteiger partial charge in [-0.1, -0.05) is 20.3 Å². The van der Waals surface area contributed by atoms with Crippen LogP contribution in [0.15, 0.2) is 0 Å². The van der Waals surface area contributed by atoms with E-state index >= 15 is 0 Å². The second-order valence-electron chi connectivity index (χ2n) is 5.57. The van der Waals surface area contributed by atoms with Gasteiger partial charge in [-0.05, 0) is 12.8 Å². The van der Waals surface area contributed by atoms with Crippen LogP contribution < -0.4 is 5.73 Å². The van der Waals surface area contributed by atoms with Crippen LogP contribution in [0.4, 0.5) is 0 Å². The smallest absolute Gasteiger partial charge is 0.234 e. The van der Waals surface area contributed by atoms with Gasteiger partial charge in [0.25, 0.3) is 0 Å². The highest BCUT2D eigenvalue weighted by Crippen LogP contribution is 2.33. The summed E-state index contributed by atoms with van der Waals surface area (Å²) in [5.74, 6) is -0.897. The molecule has 0 spiro atoms. The van der Waals surface area contributed by atoms with Crippen LogP contribution in [0.5, 0.6) is 0 Å². The maximum absolute atomic E-state index is 12.1. The fraction of sp³-hybridized carbons (Fsp3) is 0.769. The molecule has 1 unspecified atom stereocenters. The predicted molar refractivity (Wildman–Crippen MR) is 75.6 cm³/mol. The molecule has 0 aliphatic carbocycles. The highest BCUT2D eigenvalue weighted by molar-refractivity contribution is 7.81. The minimum absolute atomic E-state index is 0.118. The molecule has 1 saturated heterocycles. The van der Waals surface area contributed by atoms with Crippen molar-refractivity contribution >= 4 is 30.4 Å². The van der Waals surface area contributed by atoms with Crippen LogP contribution in [0.3, 0.4) is 0 Å². The molecule has 6 heteroatoms. The molecule has 1 aliphatic heterocycles. The summed E-state index contributed by atoms with van der Waals surface area (Å²) in [6.45, 7) is 4.13. The van der Waals surface area contributed by atoms with Crippen molar-refractivity contribution in [2.45, 2.75) is 50.7 Å². The van der Waals surface area contributed by atoms with E-state index in [0.29, 0.717) is 25.8 Å². The first kappa shape index (κ1) is 16.0. The summed E-state index contributed by atoms with van der Waals surface area (Å²) in [7, 11) is 0. The van der Waals surface area contributed by atoms with Gasteiger partial charge in [-0.25, -0.2) is 0 Å². The van der Waals surface area contributed by atoms with Crippen molar-refractivity contribution in [3.05, 3.63) is 0 Å². The van der Waals surface area contributed by atoms with Crippen molar-refractivity contribution in [1.29, 1.82) is 0 Å². The molecule has 0 aromatic heterocycles. The maximum Gasteiger partial charge on any atom is 0.234 e. The summed E-state index contributed by atoms with van der Waals surface area (Å²) in [5.41, 5.74) is 5.04. The Labute approximate surface area is 119 Å². The summed E-state index contributed by atoms with van der Waals surface area (Å²) < 4.78 is -0.479. The predicted octanol–water partition coefficient (Wildman–Crippen LogP) is 1.12. The van der Waals surface area contributed by atoms with E-state index in [4.69, 9.17) is 5.73 Å². The van der Waals surface area contributed by atoms with Gasteiger partial charge in [-0.3, -0.25) is 19.3 Å². The molecule has 1 heterocycles. The van der Waals surface area contributed by atoms with Crippen LogP contribution in [0.25, 0.3) is 0 Å². The number of imide groups is 1. The second-order valence-corrected chi connectivity index (χ2v) is 6.72. The Morgan fingerprint density at radius 1 is 1.37 bits per heavy atom. The average Bonchev–Trinajstić information content (AvgIpc) is 2.55. The third kappa shape index (κ3) is 4.53. The highest BCUT2D eigenvalue weighted by atomic mass is 32.1. The molecule has 108 valence electrons. The van der Waals surface area contributed by atoms with E-state index < -0.39 is 4.75 Å². The zero-order valence-electron chi connectivity index (χ0n) is 11.5. The number of amides is 3. The Bertz CT molecular complexity index is 377. The molecule has 0 aromatic rings. The lowest BCUT2D eigenvalue weighted by molar-refractivity contribution is -0.139. The number of hydrogen-bond acceptors (Lipinski definition) is 4. The molecule has 2 N–H and O–H groups in total. The van der Waals surface area contributed by atoms with Crippen LogP contribution in [0.1, 0.15) is 46.0 Å². The molecule has 1 rings (SSSR count). The third-order valence-electron chi connectivity index (χ3n) is 3.40. The van der Waals surface area contributed by atoms with Crippen LogP contribution in [0.2, 0.25) is 0 Å². The number of carbonyl (C=O) groups is 3. The molecular formula is C13H22N2O3S. The van der Waals surface area contributed by atoms with E-state index in [1.807, 2.05) is 13.8 Å². The minimum atomic E-state index is -0.479. The summed E-state index contributed by atoms with van der Waals surface area (Å²) in [4.78, 5) is 35.8. The normalized spacial score (nSPS) is 20.2. The van der Waals surface area contributed by atoms with Crippen molar-refractivity contribution in [3.8, 4) is 0 Å². The molecule has 0 bridgehead atoms. The van der Waals surface area contributed by atoms with Crippen molar-refractivity contribution < 1.29 is 14.4 Å². The zero-order valence-corrected chi connectivity index (χ0v) is 12.4. The monoisotopic (exact) mass is 286 g/mol. The third-order valence-corrected chi connectivity index (χ3v) is 3.71. The van der Waals surface area contributed by atoms with Crippen molar-refractivity contribution in [2.24, 2.45) is 11.7 Å². The summed E-state index contributed by atoms with van der Waals surface area (Å²) >= 11 is 4.39. The second kappa shape index (κ2) is 6.41. The van der Waals surface area contributed by atoms with Crippen molar-refractivity contribution in [1.82, 2.24) is 4.90 Å². The largest absolute Gasteiger partial charge is 0.370 e. The number of rotatable bonds is 7. The van der Waals surface area contributed by atoms with Gasteiger partial charge in [0.15, 0.2) is 0 Å². The van der Waals surface area contributed by atoms with Crippen LogP contribution in [0, 0.1) is 5.92 Å². The van der Waals surface area contributed by atoms with Gasteiger partial charge in [0.1, 0.15) is 0 Å². The fourth-order valence-corrected chi connectivity index (χ4v) is 2.42. The molecule has 0 radical (unpaired) electrons. The number of unbranched alkanes of at least 4 members (excludes halogenated alkanes) is 2. The first-order valence-corrected chi connectivity index (χ1v) is 7.03. The number of likely N-dealkylation sites (tertiary alicyclic amines) is 1. The molecule has 5 nitrogen and oxygen atoms in total. The Morgan fingerprint density at radius 3 is 2.47 bits per heavy atom. The van der Waals surface area contributed by atoms with Gasteiger partial charge in [0, 0.05) is 24.1 Å². The SMILES string of the molecule is CC(C)(S)C1CC(=O)N(CCCCCC(N)=O)C1=O. The molecule has 19 heavy (non-hydrogen) atoms. The fourth-order valence-electron chi connectivity index (χ4n) is 2.22. The Morgan fingerprint density at radius 2 is 2.00 bits per heavy atom. The van der Waals surface area contributed by atoms with E-state index in [9.17, 15) is 14.4 Å². The lowest BCUT2D eigenvalue weighted by atomic mass is 9.93. The van der Waals surface area contributed by atoms with Crippen molar-refractivity contribution in [2.75, 3.05) is 6.54 Å². The molecular weight excluding hydrogens is 264 g/mol. The number of primary amides is 1. The topological polar surface area (TPSA) is 80.5 Å². The number of hydrogen-bond donors (Lipinski definition) is 2. The van der Waals surface area contributed by atoms with Crippen molar-refractivity contribution in [3.63, 3.8) is 0 Å². The molecule has 1 fully saturated rings. The van der Waals surface area contributed by atoms with Crippen LogP contribution in [-0.2, 0) is 14.4 Å². The lowest BCUT2D eigenvalue weighted by Crippen LogP contribution is -2.36. The van der Waals surface area contributed by atoms with Gasteiger partial charge in [-0.2, -0.15) is 12.6 Å². The standard InChI is InChI=1S/C13H22N2O3S/c1-13(2,19)9-8-11(17)15(12(9)18)7-5-3-4-6-10(14)16/h9,19H,3-8H2,1-2H3,(H2,14,16). The highest BCUT2D eigenvalue weighted by Gasteiger charge is 2.44. The van der Waals surface area contributed by atoms with Crippen LogP contribution >= 0.6 is 12.6 Å². The summed E-state index contributed by atoms with van der Waals surface area (Å²) in [6.07, 6.45) is 2.80. The van der Waals surface area contributed by atoms with Gasteiger partial charge >= 0.3 is 0 Å². The first-order valence-electron chi connectivity index (χ1n) is 6.58. The molecule has 3 amide bonds. The van der Waals surface area contributed by atoms with E-state index in [1.54, 1.807) is 0 Å². The quantitative estimate of drug-likeness (QED) is 0.418. The zero-order chi connectivity index (χ0) is 14.6. The molecule has 0 saturated carbocycles. The Hall–Kier alpha value is -1.04. The van der Waals surface area contributed by atoms with Gasteiger partial charge in [0.05, 0.1) is 5.92 Å². The summed E-state index contributed by atoms with van der Waals surface area (Å²) in [6, 6.07) is 0. The van der Waals surface area contributed by atoms with Gasteiger partial charge < -0.3 is 5.73 Å². The van der Waals surface area contributed by atoms with E-state index in [2.05, 4.69) is 12.6 Å². The van der Waals surface area contributed by atoms with E-state index in [0.717, 1.165) is 6.42 Å². The first-order chi connectivity index (χ1) is 8.73. The lowest BCUT2D eigenvalue weighted by Gasteiger charge is -2.23.